The number of aryl methyl sites for hydroxylation is 2. The molecule has 0 saturated heterocycles. The maximum atomic E-state index is 12.3. The SMILES string of the molecule is CCSc1ccc(Cc2nnc(NC(=O)c3c(C)cnn3C)o2)cc1. The molecule has 25 heavy (non-hydrogen) atoms. The van der Waals surface area contributed by atoms with Crippen LogP contribution in [0, 0.1) is 6.92 Å². The number of aromatic nitrogens is 4. The van der Waals surface area contributed by atoms with Crippen molar-refractivity contribution in [3.05, 3.63) is 53.2 Å². The number of nitrogens with one attached hydrogen (secondary N) is 1. The smallest absolute Gasteiger partial charge is 0.322 e. The van der Waals surface area contributed by atoms with Gasteiger partial charge in [-0.3, -0.25) is 14.8 Å². The molecule has 0 saturated carbocycles. The predicted molar refractivity (Wildman–Crippen MR) is 95.8 cm³/mol. The van der Waals surface area contributed by atoms with E-state index in [0.29, 0.717) is 18.0 Å². The molecule has 130 valence electrons. The van der Waals surface area contributed by atoms with Crippen LogP contribution in [0.4, 0.5) is 6.01 Å². The van der Waals surface area contributed by atoms with Gasteiger partial charge < -0.3 is 4.42 Å². The first-order valence-corrected chi connectivity index (χ1v) is 8.89. The fraction of sp³-hybridized carbons (Fsp3) is 0.294. The molecule has 0 atom stereocenters. The van der Waals surface area contributed by atoms with E-state index in [1.165, 1.54) is 9.58 Å². The highest BCUT2D eigenvalue weighted by atomic mass is 32.2. The molecule has 2 heterocycles. The van der Waals surface area contributed by atoms with E-state index in [4.69, 9.17) is 4.42 Å². The molecule has 7 nitrogen and oxygen atoms in total. The second kappa shape index (κ2) is 7.52. The molecule has 3 rings (SSSR count). The lowest BCUT2D eigenvalue weighted by atomic mass is 10.1. The predicted octanol–water partition coefficient (Wildman–Crippen LogP) is 3.07. The molecule has 0 aliphatic heterocycles. The van der Waals surface area contributed by atoms with E-state index >= 15 is 0 Å². The van der Waals surface area contributed by atoms with E-state index < -0.39 is 0 Å². The van der Waals surface area contributed by atoms with Crippen LogP contribution in [-0.2, 0) is 13.5 Å². The van der Waals surface area contributed by atoms with E-state index in [1.807, 2.05) is 19.1 Å². The molecule has 1 N–H and O–H groups in total. The molecular formula is C17H19N5O2S. The van der Waals surface area contributed by atoms with Crippen molar-refractivity contribution in [2.24, 2.45) is 7.05 Å². The second-order valence-electron chi connectivity index (χ2n) is 5.51. The Balaban J connectivity index is 1.65. The third kappa shape index (κ3) is 4.08. The standard InChI is InChI=1S/C17H19N5O2S/c1-4-25-13-7-5-12(6-8-13)9-14-20-21-17(24-14)19-16(23)15-11(2)10-18-22(15)3/h5-8,10H,4,9H2,1-3H3,(H,19,21,23). The van der Waals surface area contributed by atoms with Gasteiger partial charge in [0.15, 0.2) is 0 Å². The number of nitrogens with zero attached hydrogens (tertiary/aromatic N) is 4. The molecule has 2 aromatic heterocycles. The third-order valence-electron chi connectivity index (χ3n) is 3.61. The molecule has 0 radical (unpaired) electrons. The summed E-state index contributed by atoms with van der Waals surface area (Å²) in [6.07, 6.45) is 2.15. The number of hydrogen-bond donors (Lipinski definition) is 1. The van der Waals surface area contributed by atoms with Crippen molar-refractivity contribution >= 4 is 23.7 Å². The average Bonchev–Trinajstić information content (AvgIpc) is 3.16. The lowest BCUT2D eigenvalue weighted by Crippen LogP contribution is -2.17. The summed E-state index contributed by atoms with van der Waals surface area (Å²) in [7, 11) is 1.71. The summed E-state index contributed by atoms with van der Waals surface area (Å²) >= 11 is 1.80. The van der Waals surface area contributed by atoms with Crippen LogP contribution in [0.2, 0.25) is 0 Å². The van der Waals surface area contributed by atoms with Gasteiger partial charge in [0.25, 0.3) is 5.91 Å². The molecule has 1 aromatic carbocycles. The van der Waals surface area contributed by atoms with Crippen molar-refractivity contribution in [2.45, 2.75) is 25.2 Å². The van der Waals surface area contributed by atoms with Crippen LogP contribution in [0.15, 0.2) is 39.8 Å². The van der Waals surface area contributed by atoms with Gasteiger partial charge in [0, 0.05) is 11.9 Å². The highest BCUT2D eigenvalue weighted by molar-refractivity contribution is 7.99. The summed E-state index contributed by atoms with van der Waals surface area (Å²) in [6, 6.07) is 8.32. The summed E-state index contributed by atoms with van der Waals surface area (Å²) in [5.41, 5.74) is 2.32. The molecule has 0 unspecified atom stereocenters. The maximum Gasteiger partial charge on any atom is 0.322 e. The average molecular weight is 357 g/mol. The Morgan fingerprint density at radius 3 is 2.68 bits per heavy atom. The van der Waals surface area contributed by atoms with Gasteiger partial charge in [-0.15, -0.1) is 16.9 Å². The van der Waals surface area contributed by atoms with Crippen molar-refractivity contribution in [1.82, 2.24) is 20.0 Å². The summed E-state index contributed by atoms with van der Waals surface area (Å²) in [5, 5.41) is 14.5. The number of anilines is 1. The Morgan fingerprint density at radius 2 is 2.04 bits per heavy atom. The van der Waals surface area contributed by atoms with Gasteiger partial charge in [-0.25, -0.2) is 0 Å². The summed E-state index contributed by atoms with van der Waals surface area (Å²) in [6.45, 7) is 3.95. The summed E-state index contributed by atoms with van der Waals surface area (Å²) in [4.78, 5) is 13.5. The van der Waals surface area contributed by atoms with Crippen LogP contribution in [0.1, 0.15) is 34.4 Å². The van der Waals surface area contributed by atoms with E-state index in [1.54, 1.807) is 25.0 Å². The van der Waals surface area contributed by atoms with Crippen molar-refractivity contribution in [2.75, 3.05) is 11.1 Å². The monoisotopic (exact) mass is 357 g/mol. The first-order chi connectivity index (χ1) is 12.1. The lowest BCUT2D eigenvalue weighted by molar-refractivity contribution is 0.101. The number of thioether (sulfide) groups is 1. The van der Waals surface area contributed by atoms with Crippen molar-refractivity contribution in [1.29, 1.82) is 0 Å². The lowest BCUT2D eigenvalue weighted by Gasteiger charge is -2.02. The number of rotatable bonds is 6. The Labute approximate surface area is 149 Å². The van der Waals surface area contributed by atoms with Crippen LogP contribution >= 0.6 is 11.8 Å². The summed E-state index contributed by atoms with van der Waals surface area (Å²) in [5.74, 6) is 1.17. The van der Waals surface area contributed by atoms with E-state index in [0.717, 1.165) is 16.9 Å². The number of hydrogen-bond acceptors (Lipinski definition) is 6. The number of amides is 1. The van der Waals surface area contributed by atoms with Crippen LogP contribution in [0.3, 0.4) is 0 Å². The first kappa shape index (κ1) is 17.2. The molecule has 0 aliphatic rings. The molecule has 0 bridgehead atoms. The molecule has 0 spiro atoms. The van der Waals surface area contributed by atoms with Gasteiger partial charge in [-0.2, -0.15) is 5.10 Å². The van der Waals surface area contributed by atoms with E-state index in [9.17, 15) is 4.79 Å². The minimum absolute atomic E-state index is 0.0822. The van der Waals surface area contributed by atoms with Crippen LogP contribution in [0.5, 0.6) is 0 Å². The highest BCUT2D eigenvalue weighted by Gasteiger charge is 2.17. The zero-order valence-corrected chi connectivity index (χ0v) is 15.1. The zero-order chi connectivity index (χ0) is 17.8. The van der Waals surface area contributed by atoms with E-state index in [2.05, 4.69) is 39.7 Å². The van der Waals surface area contributed by atoms with Gasteiger partial charge in [0.05, 0.1) is 12.6 Å². The molecule has 1 amide bonds. The summed E-state index contributed by atoms with van der Waals surface area (Å²) < 4.78 is 7.04. The molecular weight excluding hydrogens is 338 g/mol. The van der Waals surface area contributed by atoms with Crippen LogP contribution < -0.4 is 5.32 Å². The van der Waals surface area contributed by atoms with Crippen molar-refractivity contribution in [3.8, 4) is 0 Å². The van der Waals surface area contributed by atoms with Crippen molar-refractivity contribution in [3.63, 3.8) is 0 Å². The van der Waals surface area contributed by atoms with Gasteiger partial charge in [0.2, 0.25) is 5.89 Å². The molecule has 0 aliphatic carbocycles. The zero-order valence-electron chi connectivity index (χ0n) is 14.3. The molecule has 3 aromatic rings. The van der Waals surface area contributed by atoms with Gasteiger partial charge in [-0.1, -0.05) is 24.2 Å². The van der Waals surface area contributed by atoms with Gasteiger partial charge in [0.1, 0.15) is 5.69 Å². The normalized spacial score (nSPS) is 10.8. The number of carbonyl (C=O) groups excluding carboxylic acids is 1. The van der Waals surface area contributed by atoms with Crippen molar-refractivity contribution < 1.29 is 9.21 Å². The Kier molecular flexibility index (Phi) is 5.18. The fourth-order valence-electron chi connectivity index (χ4n) is 2.45. The number of carbonyl (C=O) groups is 1. The molecule has 8 heteroatoms. The van der Waals surface area contributed by atoms with Gasteiger partial charge in [-0.05, 0) is 35.9 Å². The topological polar surface area (TPSA) is 85.8 Å². The minimum atomic E-state index is -0.325. The Bertz CT molecular complexity index is 850. The van der Waals surface area contributed by atoms with Crippen LogP contribution in [-0.4, -0.2) is 31.6 Å². The number of benzene rings is 1. The second-order valence-corrected chi connectivity index (χ2v) is 6.85. The van der Waals surface area contributed by atoms with Gasteiger partial charge >= 0.3 is 6.01 Å². The van der Waals surface area contributed by atoms with E-state index in [-0.39, 0.29) is 11.9 Å². The largest absolute Gasteiger partial charge is 0.407 e. The maximum absolute atomic E-state index is 12.3. The first-order valence-electron chi connectivity index (χ1n) is 7.91. The minimum Gasteiger partial charge on any atom is -0.407 e. The Morgan fingerprint density at radius 1 is 1.28 bits per heavy atom. The fourth-order valence-corrected chi connectivity index (χ4v) is 3.11. The Hall–Kier alpha value is -2.61. The molecule has 0 fully saturated rings. The third-order valence-corrected chi connectivity index (χ3v) is 4.51. The highest BCUT2D eigenvalue weighted by Crippen LogP contribution is 2.19. The quantitative estimate of drug-likeness (QED) is 0.682. The van der Waals surface area contributed by atoms with Crippen LogP contribution in [0.25, 0.3) is 0 Å².